The molecule has 0 unspecified atom stereocenters. The molecule has 2 rings (SSSR count). The third-order valence-corrected chi connectivity index (χ3v) is 5.82. The van der Waals surface area contributed by atoms with Crippen molar-refractivity contribution in [1.82, 2.24) is 9.80 Å². The van der Waals surface area contributed by atoms with E-state index in [2.05, 4.69) is 9.80 Å². The van der Waals surface area contributed by atoms with Crippen LogP contribution in [-0.4, -0.2) is 80.3 Å². The molecule has 0 aromatic carbocycles. The van der Waals surface area contributed by atoms with Crippen molar-refractivity contribution < 1.29 is 14.3 Å². The van der Waals surface area contributed by atoms with Crippen LogP contribution < -0.4 is 0 Å². The number of carbonyl (C=O) groups is 1. The number of ketones is 1. The maximum Gasteiger partial charge on any atom is 0.138 e. The van der Waals surface area contributed by atoms with E-state index in [1.54, 1.807) is 0 Å². The molecule has 0 N–H and O–H groups in total. The van der Waals surface area contributed by atoms with Gasteiger partial charge in [0.15, 0.2) is 0 Å². The van der Waals surface area contributed by atoms with E-state index in [0.29, 0.717) is 31.0 Å². The zero-order chi connectivity index (χ0) is 18.9. The van der Waals surface area contributed by atoms with Crippen LogP contribution in [0.2, 0.25) is 0 Å². The molecule has 5 heteroatoms. The van der Waals surface area contributed by atoms with Crippen molar-refractivity contribution >= 4 is 5.78 Å². The van der Waals surface area contributed by atoms with Crippen molar-refractivity contribution in [3.05, 3.63) is 0 Å². The number of piperazine rings is 1. The standard InChI is InChI=1S/C21H40N2O3/c1-17(2)21(24)19-5-7-20(8-6-19)23-11-9-22(10-12-23)13-14-25-15-16-26-18(3)4/h17-20H,5-16H2,1-4H3. The highest BCUT2D eigenvalue weighted by molar-refractivity contribution is 5.82. The van der Waals surface area contributed by atoms with E-state index in [-0.39, 0.29) is 12.0 Å². The van der Waals surface area contributed by atoms with Crippen molar-refractivity contribution in [1.29, 1.82) is 0 Å². The molecule has 0 atom stereocenters. The van der Waals surface area contributed by atoms with Crippen LogP contribution in [0.1, 0.15) is 53.4 Å². The smallest absolute Gasteiger partial charge is 0.138 e. The monoisotopic (exact) mass is 368 g/mol. The third kappa shape index (κ3) is 7.26. The molecular formula is C21H40N2O3. The second-order valence-electron chi connectivity index (χ2n) is 8.47. The summed E-state index contributed by atoms with van der Waals surface area (Å²) in [5.74, 6) is 0.996. The van der Waals surface area contributed by atoms with E-state index in [1.165, 1.54) is 12.8 Å². The lowest BCUT2D eigenvalue weighted by Crippen LogP contribution is -2.51. The van der Waals surface area contributed by atoms with Gasteiger partial charge >= 0.3 is 0 Å². The van der Waals surface area contributed by atoms with E-state index >= 15 is 0 Å². The minimum absolute atomic E-state index is 0.194. The van der Waals surface area contributed by atoms with Crippen LogP contribution in [0.15, 0.2) is 0 Å². The van der Waals surface area contributed by atoms with E-state index in [9.17, 15) is 4.79 Å². The van der Waals surface area contributed by atoms with E-state index in [4.69, 9.17) is 9.47 Å². The Morgan fingerprint density at radius 1 is 0.923 bits per heavy atom. The largest absolute Gasteiger partial charge is 0.378 e. The molecule has 1 aliphatic carbocycles. The van der Waals surface area contributed by atoms with E-state index in [1.807, 2.05) is 27.7 Å². The number of hydrogen-bond donors (Lipinski definition) is 0. The molecular weight excluding hydrogens is 328 g/mol. The molecule has 0 radical (unpaired) electrons. The zero-order valence-electron chi connectivity index (χ0n) is 17.4. The average Bonchev–Trinajstić information content (AvgIpc) is 2.64. The molecule has 1 heterocycles. The first kappa shape index (κ1) is 21.8. The minimum atomic E-state index is 0.194. The Balaban J connectivity index is 1.55. The number of Topliss-reactive ketones (excluding diaryl/α,β-unsaturated/α-hetero) is 1. The fourth-order valence-electron chi connectivity index (χ4n) is 4.19. The second kappa shape index (κ2) is 11.4. The number of ether oxygens (including phenoxy) is 2. The molecule has 0 aromatic heterocycles. The summed E-state index contributed by atoms with van der Waals surface area (Å²) in [4.78, 5) is 17.3. The van der Waals surface area contributed by atoms with Gasteiger partial charge in [0.05, 0.1) is 25.9 Å². The number of hydrogen-bond acceptors (Lipinski definition) is 5. The molecule has 2 fully saturated rings. The van der Waals surface area contributed by atoms with Crippen LogP contribution >= 0.6 is 0 Å². The van der Waals surface area contributed by atoms with Crippen molar-refractivity contribution in [3.63, 3.8) is 0 Å². The summed E-state index contributed by atoms with van der Waals surface area (Å²) in [7, 11) is 0. The van der Waals surface area contributed by atoms with Crippen molar-refractivity contribution in [3.8, 4) is 0 Å². The highest BCUT2D eigenvalue weighted by atomic mass is 16.5. The van der Waals surface area contributed by atoms with Crippen molar-refractivity contribution in [2.24, 2.45) is 11.8 Å². The first-order valence-corrected chi connectivity index (χ1v) is 10.7. The van der Waals surface area contributed by atoms with Crippen LogP contribution in [0, 0.1) is 11.8 Å². The van der Waals surface area contributed by atoms with Gasteiger partial charge in [-0.1, -0.05) is 13.8 Å². The SMILES string of the molecule is CC(C)OCCOCCN1CCN(C2CCC(C(=O)C(C)C)CC2)CC1. The molecule has 152 valence electrons. The van der Waals surface area contributed by atoms with Gasteiger partial charge in [-0.25, -0.2) is 0 Å². The summed E-state index contributed by atoms with van der Waals surface area (Å²) in [5, 5.41) is 0. The van der Waals surface area contributed by atoms with Gasteiger partial charge < -0.3 is 9.47 Å². The predicted molar refractivity (Wildman–Crippen MR) is 106 cm³/mol. The minimum Gasteiger partial charge on any atom is -0.378 e. The Morgan fingerprint density at radius 2 is 1.58 bits per heavy atom. The van der Waals surface area contributed by atoms with Crippen LogP contribution in [-0.2, 0) is 14.3 Å². The maximum absolute atomic E-state index is 12.2. The highest BCUT2D eigenvalue weighted by Gasteiger charge is 2.31. The predicted octanol–water partition coefficient (Wildman–Crippen LogP) is 2.83. The molecule has 0 spiro atoms. The first-order valence-electron chi connectivity index (χ1n) is 10.7. The van der Waals surface area contributed by atoms with Gasteiger partial charge in [-0.2, -0.15) is 0 Å². The summed E-state index contributed by atoms with van der Waals surface area (Å²) < 4.78 is 11.2. The fraction of sp³-hybridized carbons (Fsp3) is 0.952. The third-order valence-electron chi connectivity index (χ3n) is 5.82. The van der Waals surface area contributed by atoms with Crippen LogP contribution in [0.4, 0.5) is 0 Å². The van der Waals surface area contributed by atoms with E-state index < -0.39 is 0 Å². The highest BCUT2D eigenvalue weighted by Crippen LogP contribution is 2.30. The van der Waals surface area contributed by atoms with Gasteiger partial charge in [-0.05, 0) is 39.5 Å². The molecule has 0 amide bonds. The van der Waals surface area contributed by atoms with Gasteiger partial charge in [-0.3, -0.25) is 14.6 Å². The Labute approximate surface area is 160 Å². The van der Waals surface area contributed by atoms with Crippen LogP contribution in [0.25, 0.3) is 0 Å². The summed E-state index contributed by atoms with van der Waals surface area (Å²) in [6.45, 7) is 16.0. The molecule has 0 aromatic rings. The lowest BCUT2D eigenvalue weighted by atomic mass is 9.80. The van der Waals surface area contributed by atoms with Gasteiger partial charge in [-0.15, -0.1) is 0 Å². The maximum atomic E-state index is 12.2. The summed E-state index contributed by atoms with van der Waals surface area (Å²) in [6, 6.07) is 0.692. The first-order chi connectivity index (χ1) is 12.5. The van der Waals surface area contributed by atoms with Gasteiger partial charge in [0.25, 0.3) is 0 Å². The molecule has 0 bridgehead atoms. The summed E-state index contributed by atoms with van der Waals surface area (Å²) >= 11 is 0. The topological polar surface area (TPSA) is 42.0 Å². The van der Waals surface area contributed by atoms with Gasteiger partial charge in [0.2, 0.25) is 0 Å². The molecule has 1 saturated carbocycles. The molecule has 2 aliphatic rings. The van der Waals surface area contributed by atoms with Gasteiger partial charge in [0.1, 0.15) is 5.78 Å². The molecule has 1 aliphatic heterocycles. The Bertz CT molecular complexity index is 398. The normalized spacial score (nSPS) is 25.9. The van der Waals surface area contributed by atoms with Gasteiger partial charge in [0, 0.05) is 50.6 Å². The molecule has 1 saturated heterocycles. The van der Waals surface area contributed by atoms with Crippen molar-refractivity contribution in [2.45, 2.75) is 65.5 Å². The van der Waals surface area contributed by atoms with Crippen molar-refractivity contribution in [2.75, 3.05) is 52.5 Å². The quantitative estimate of drug-likeness (QED) is 0.555. The number of nitrogens with zero attached hydrogens (tertiary/aromatic N) is 2. The summed E-state index contributed by atoms with van der Waals surface area (Å²) in [5.41, 5.74) is 0. The summed E-state index contributed by atoms with van der Waals surface area (Å²) in [6.07, 6.45) is 4.86. The van der Waals surface area contributed by atoms with Crippen LogP contribution in [0.5, 0.6) is 0 Å². The lowest BCUT2D eigenvalue weighted by Gasteiger charge is -2.42. The zero-order valence-corrected chi connectivity index (χ0v) is 17.4. The number of rotatable bonds is 10. The Morgan fingerprint density at radius 3 is 2.15 bits per heavy atom. The van der Waals surface area contributed by atoms with Crippen LogP contribution in [0.3, 0.4) is 0 Å². The Kier molecular flexibility index (Phi) is 9.54. The second-order valence-corrected chi connectivity index (χ2v) is 8.47. The average molecular weight is 369 g/mol. The Hall–Kier alpha value is -0.490. The fourth-order valence-corrected chi connectivity index (χ4v) is 4.19. The van der Waals surface area contributed by atoms with E-state index in [0.717, 1.165) is 52.2 Å². The number of carbonyl (C=O) groups excluding carboxylic acids is 1. The lowest BCUT2D eigenvalue weighted by molar-refractivity contribution is -0.127. The molecule has 5 nitrogen and oxygen atoms in total. The molecule has 26 heavy (non-hydrogen) atoms.